The Labute approximate surface area is 210 Å². The molecule has 0 radical (unpaired) electrons. The number of carbonyl (C=O) groups is 2. The third-order valence-electron chi connectivity index (χ3n) is 6.96. The summed E-state index contributed by atoms with van der Waals surface area (Å²) in [4.78, 5) is 30.4. The average Bonchev–Trinajstić information content (AvgIpc) is 3.41. The summed E-state index contributed by atoms with van der Waals surface area (Å²) in [6.07, 6.45) is 1.55. The fraction of sp³-hybridized carbons (Fsp3) is 0.321. The normalized spacial score (nSPS) is 20.3. The number of likely N-dealkylation sites (tertiary alicyclic amines) is 1. The molecule has 0 saturated carbocycles. The highest BCUT2D eigenvalue weighted by atomic mass is 16.5. The Balaban J connectivity index is 1.55. The van der Waals surface area contributed by atoms with Crippen LogP contribution in [0.2, 0.25) is 0 Å². The molecule has 36 heavy (non-hydrogen) atoms. The number of morpholine rings is 1. The van der Waals surface area contributed by atoms with Gasteiger partial charge in [-0.05, 0) is 31.5 Å². The monoisotopic (exact) mass is 486 g/mol. The minimum atomic E-state index is -0.675. The molecular weight excluding hydrogens is 456 g/mol. The van der Waals surface area contributed by atoms with E-state index in [2.05, 4.69) is 10.00 Å². The maximum atomic E-state index is 13.4. The Kier molecular flexibility index (Phi) is 6.71. The molecule has 8 heteroatoms. The number of aliphatic hydroxyl groups excluding tert-OH is 1. The lowest BCUT2D eigenvalue weighted by atomic mass is 9.95. The topological polar surface area (TPSA) is 87.9 Å². The van der Waals surface area contributed by atoms with Gasteiger partial charge in [0.2, 0.25) is 0 Å². The number of ether oxygens (including phenoxy) is 1. The van der Waals surface area contributed by atoms with Gasteiger partial charge in [0.15, 0.2) is 0 Å². The van der Waals surface area contributed by atoms with Crippen LogP contribution in [0.4, 0.5) is 0 Å². The number of aromatic nitrogens is 2. The van der Waals surface area contributed by atoms with Crippen LogP contribution in [-0.4, -0.2) is 75.8 Å². The molecule has 3 aromatic rings. The van der Waals surface area contributed by atoms with Crippen molar-refractivity contribution in [3.8, 4) is 5.69 Å². The van der Waals surface area contributed by atoms with Crippen molar-refractivity contribution in [2.45, 2.75) is 19.9 Å². The van der Waals surface area contributed by atoms with Crippen LogP contribution in [0.25, 0.3) is 11.4 Å². The van der Waals surface area contributed by atoms with E-state index < -0.39 is 17.7 Å². The Morgan fingerprint density at radius 3 is 2.39 bits per heavy atom. The number of ketones is 1. The maximum absolute atomic E-state index is 13.4. The molecule has 1 amide bonds. The average molecular weight is 487 g/mol. The molecule has 2 fully saturated rings. The van der Waals surface area contributed by atoms with Crippen molar-refractivity contribution in [3.05, 3.63) is 88.8 Å². The Morgan fingerprint density at radius 2 is 1.69 bits per heavy atom. The van der Waals surface area contributed by atoms with Crippen LogP contribution in [0, 0.1) is 13.8 Å². The van der Waals surface area contributed by atoms with Crippen LogP contribution < -0.4 is 0 Å². The molecule has 2 saturated heterocycles. The molecule has 0 aliphatic carbocycles. The highest BCUT2D eigenvalue weighted by Gasteiger charge is 2.46. The van der Waals surface area contributed by atoms with Crippen molar-refractivity contribution in [2.75, 3.05) is 39.4 Å². The zero-order valence-electron chi connectivity index (χ0n) is 20.6. The number of amides is 1. The molecule has 2 aliphatic rings. The van der Waals surface area contributed by atoms with E-state index in [-0.39, 0.29) is 11.3 Å². The highest BCUT2D eigenvalue weighted by molar-refractivity contribution is 6.46. The number of aryl methyl sites for hydroxylation is 1. The predicted octanol–water partition coefficient (Wildman–Crippen LogP) is 3.24. The minimum absolute atomic E-state index is 0.0987. The van der Waals surface area contributed by atoms with Crippen LogP contribution in [-0.2, 0) is 14.3 Å². The van der Waals surface area contributed by atoms with Gasteiger partial charge in [0, 0.05) is 26.2 Å². The molecule has 2 aliphatic heterocycles. The number of rotatable bonds is 6. The summed E-state index contributed by atoms with van der Waals surface area (Å²) < 4.78 is 7.14. The molecule has 1 unspecified atom stereocenters. The zero-order valence-corrected chi connectivity index (χ0v) is 20.6. The second-order valence-electron chi connectivity index (χ2n) is 9.25. The largest absolute Gasteiger partial charge is 0.507 e. The lowest BCUT2D eigenvalue weighted by Crippen LogP contribution is -2.42. The summed E-state index contributed by atoms with van der Waals surface area (Å²) >= 11 is 0. The summed E-state index contributed by atoms with van der Waals surface area (Å²) in [5.41, 5.74) is 3.92. The molecule has 0 spiro atoms. The molecule has 2 aromatic carbocycles. The van der Waals surface area contributed by atoms with Gasteiger partial charge in [-0.2, -0.15) is 5.10 Å². The predicted molar refractivity (Wildman–Crippen MR) is 136 cm³/mol. The third kappa shape index (κ3) is 4.45. The van der Waals surface area contributed by atoms with Gasteiger partial charge in [0.05, 0.1) is 48.0 Å². The molecule has 5 rings (SSSR count). The second-order valence-corrected chi connectivity index (χ2v) is 9.25. The van der Waals surface area contributed by atoms with Crippen molar-refractivity contribution < 1.29 is 19.4 Å². The van der Waals surface area contributed by atoms with Gasteiger partial charge in [-0.1, -0.05) is 48.0 Å². The van der Waals surface area contributed by atoms with Crippen molar-refractivity contribution in [1.82, 2.24) is 19.6 Å². The Bertz CT molecular complexity index is 1290. The van der Waals surface area contributed by atoms with Gasteiger partial charge in [-0.15, -0.1) is 0 Å². The molecule has 186 valence electrons. The first-order valence-electron chi connectivity index (χ1n) is 12.2. The van der Waals surface area contributed by atoms with E-state index in [0.717, 1.165) is 29.9 Å². The fourth-order valence-corrected chi connectivity index (χ4v) is 4.90. The third-order valence-corrected chi connectivity index (χ3v) is 6.96. The van der Waals surface area contributed by atoms with Gasteiger partial charge >= 0.3 is 0 Å². The quantitative estimate of drug-likeness (QED) is 0.327. The first-order valence-corrected chi connectivity index (χ1v) is 12.2. The summed E-state index contributed by atoms with van der Waals surface area (Å²) in [7, 11) is 0. The SMILES string of the molecule is Cc1ccc(C2/C(=C(\O)c3cnn(-c4ccccc4)c3C)C(=O)C(=O)N2CCN2CCOCC2)cc1. The fourth-order valence-electron chi connectivity index (χ4n) is 4.90. The van der Waals surface area contributed by atoms with Gasteiger partial charge in [0.25, 0.3) is 11.7 Å². The standard InChI is InChI=1S/C28H30N4O4/c1-19-8-10-21(11-9-19)25-24(27(34)28(35)31(25)13-12-30-14-16-36-17-15-30)26(33)23-18-29-32(20(23)2)22-6-4-3-5-7-22/h3-11,18,25,33H,12-17H2,1-2H3/b26-24+. The number of nitrogens with zero attached hydrogens (tertiary/aromatic N) is 4. The van der Waals surface area contributed by atoms with Crippen molar-refractivity contribution in [1.29, 1.82) is 0 Å². The van der Waals surface area contributed by atoms with Gasteiger partial charge < -0.3 is 14.7 Å². The molecule has 1 aromatic heterocycles. The number of hydrogen-bond acceptors (Lipinski definition) is 6. The summed E-state index contributed by atoms with van der Waals surface area (Å²) in [6, 6.07) is 16.6. The molecule has 8 nitrogen and oxygen atoms in total. The van der Waals surface area contributed by atoms with Crippen molar-refractivity contribution in [2.24, 2.45) is 0 Å². The minimum Gasteiger partial charge on any atom is -0.507 e. The first kappa shape index (κ1) is 24.0. The molecule has 3 heterocycles. The van der Waals surface area contributed by atoms with Crippen LogP contribution in [0.15, 0.2) is 66.4 Å². The van der Waals surface area contributed by atoms with Crippen molar-refractivity contribution in [3.63, 3.8) is 0 Å². The number of carbonyl (C=O) groups excluding carboxylic acids is 2. The summed E-state index contributed by atoms with van der Waals surface area (Å²) in [5, 5.41) is 15.9. The van der Waals surface area contributed by atoms with Crippen LogP contribution in [0.1, 0.15) is 28.4 Å². The van der Waals surface area contributed by atoms with E-state index in [9.17, 15) is 14.7 Å². The lowest BCUT2D eigenvalue weighted by molar-refractivity contribution is -0.140. The maximum Gasteiger partial charge on any atom is 0.295 e. The summed E-state index contributed by atoms with van der Waals surface area (Å²) in [5.74, 6) is -1.47. The highest BCUT2D eigenvalue weighted by Crippen LogP contribution is 2.40. The lowest BCUT2D eigenvalue weighted by Gasteiger charge is -2.31. The molecule has 0 bridgehead atoms. The van der Waals surface area contributed by atoms with Crippen LogP contribution >= 0.6 is 0 Å². The molecule has 1 atom stereocenters. The van der Waals surface area contributed by atoms with Crippen LogP contribution in [0.3, 0.4) is 0 Å². The smallest absolute Gasteiger partial charge is 0.295 e. The summed E-state index contributed by atoms with van der Waals surface area (Å²) in [6.45, 7) is 7.72. The Hall–Kier alpha value is -3.75. The number of para-hydroxylation sites is 1. The second kappa shape index (κ2) is 10.1. The number of benzene rings is 2. The molecular formula is C28H30N4O4. The van der Waals surface area contributed by atoms with E-state index in [1.165, 1.54) is 0 Å². The number of hydrogen-bond donors (Lipinski definition) is 1. The van der Waals surface area contributed by atoms with E-state index >= 15 is 0 Å². The zero-order chi connectivity index (χ0) is 25.2. The van der Waals surface area contributed by atoms with E-state index in [1.54, 1.807) is 15.8 Å². The Morgan fingerprint density at radius 1 is 1.00 bits per heavy atom. The van der Waals surface area contributed by atoms with E-state index in [1.807, 2.05) is 68.4 Å². The van der Waals surface area contributed by atoms with Gasteiger partial charge in [-0.25, -0.2) is 4.68 Å². The number of Topliss-reactive ketones (excluding diaryl/α,β-unsaturated/α-hetero) is 1. The number of aliphatic hydroxyl groups is 1. The first-order chi connectivity index (χ1) is 17.5. The van der Waals surface area contributed by atoms with Gasteiger partial charge in [-0.3, -0.25) is 14.5 Å². The van der Waals surface area contributed by atoms with Crippen LogP contribution in [0.5, 0.6) is 0 Å². The van der Waals surface area contributed by atoms with E-state index in [4.69, 9.17) is 4.74 Å². The van der Waals surface area contributed by atoms with Gasteiger partial charge in [0.1, 0.15) is 5.76 Å². The molecule has 1 N–H and O–H groups in total. The van der Waals surface area contributed by atoms with E-state index in [0.29, 0.717) is 37.6 Å². The van der Waals surface area contributed by atoms with Crippen molar-refractivity contribution >= 4 is 17.4 Å².